The van der Waals surface area contributed by atoms with Crippen LogP contribution in [0.1, 0.15) is 24.7 Å². The van der Waals surface area contributed by atoms with Crippen LogP contribution in [-0.4, -0.2) is 126 Å². The Morgan fingerprint density at radius 1 is 0.717 bits per heavy atom. The third-order valence-electron chi connectivity index (χ3n) is 6.35. The number of carbonyl (C=O) groups is 7. The van der Waals surface area contributed by atoms with E-state index in [-0.39, 0.29) is 12.8 Å². The van der Waals surface area contributed by atoms with E-state index in [0.29, 0.717) is 11.4 Å². The molecule has 0 fully saturated rings. The van der Waals surface area contributed by atoms with Crippen molar-refractivity contribution in [3.05, 3.63) is 36.4 Å². The molecule has 2 rings (SSSR count). The van der Waals surface area contributed by atoms with Crippen molar-refractivity contribution < 1.29 is 48.9 Å². The summed E-state index contributed by atoms with van der Waals surface area (Å²) in [6.45, 7) is -0.744. The molecule has 2 aromatic rings. The summed E-state index contributed by atoms with van der Waals surface area (Å²) in [5.41, 5.74) is 12.0. The number of carboxylic acid groups (broad SMARTS) is 1. The summed E-state index contributed by atoms with van der Waals surface area (Å²) in [6, 6.07) is -8.90. The molecule has 252 valence electrons. The average molecular weight is 652 g/mol. The summed E-state index contributed by atoms with van der Waals surface area (Å²) in [5, 5.41) is 39.8. The summed E-state index contributed by atoms with van der Waals surface area (Å²) < 4.78 is 0. The Kier molecular flexibility index (Phi) is 14.2. The molecule has 0 aliphatic carbocycles. The lowest BCUT2D eigenvalue weighted by atomic mass is 10.1. The first-order chi connectivity index (χ1) is 21.7. The minimum atomic E-state index is -1.76. The van der Waals surface area contributed by atoms with Crippen LogP contribution in [0.3, 0.4) is 0 Å². The van der Waals surface area contributed by atoms with Crippen molar-refractivity contribution >= 4 is 41.4 Å². The number of primary amides is 1. The van der Waals surface area contributed by atoms with E-state index in [1.807, 2.05) is 0 Å². The van der Waals surface area contributed by atoms with Crippen molar-refractivity contribution in [3.8, 4) is 0 Å². The van der Waals surface area contributed by atoms with Crippen LogP contribution < -0.4 is 38.1 Å². The number of aromatic nitrogens is 4. The fourth-order valence-corrected chi connectivity index (χ4v) is 3.84. The van der Waals surface area contributed by atoms with Gasteiger partial charge >= 0.3 is 5.97 Å². The van der Waals surface area contributed by atoms with E-state index in [1.54, 1.807) is 0 Å². The second kappa shape index (κ2) is 17.8. The molecular formula is C25H37N11O10. The topological polar surface area (TPSA) is 350 Å². The molecule has 0 spiro atoms. The van der Waals surface area contributed by atoms with Gasteiger partial charge in [0.1, 0.15) is 30.2 Å². The first kappa shape index (κ1) is 36.8. The van der Waals surface area contributed by atoms with E-state index < -0.39 is 97.3 Å². The minimum absolute atomic E-state index is 0.0849. The Balaban J connectivity index is 2.00. The Morgan fingerprint density at radius 3 is 1.61 bits per heavy atom. The van der Waals surface area contributed by atoms with Crippen LogP contribution in [0.5, 0.6) is 0 Å². The number of amides is 6. The molecule has 21 nitrogen and oxygen atoms in total. The highest BCUT2D eigenvalue weighted by atomic mass is 16.4. The number of hydrogen-bond acceptors (Lipinski definition) is 12. The zero-order chi connectivity index (χ0) is 34.4. The van der Waals surface area contributed by atoms with Crippen molar-refractivity contribution in [2.24, 2.45) is 11.5 Å². The lowest BCUT2D eigenvalue weighted by Crippen LogP contribution is -2.60. The lowest BCUT2D eigenvalue weighted by molar-refractivity contribution is -0.142. The number of H-pyrrole nitrogens is 2. The van der Waals surface area contributed by atoms with E-state index in [1.165, 1.54) is 32.0 Å². The maximum Gasteiger partial charge on any atom is 0.326 e. The molecule has 0 aliphatic rings. The monoisotopic (exact) mass is 651 g/mol. The molecule has 0 aliphatic heterocycles. The molecule has 0 unspecified atom stereocenters. The molecule has 6 amide bonds. The molecule has 0 bridgehead atoms. The minimum Gasteiger partial charge on any atom is -0.480 e. The second-order valence-electron chi connectivity index (χ2n) is 10.0. The van der Waals surface area contributed by atoms with Crippen molar-refractivity contribution in [1.29, 1.82) is 0 Å². The van der Waals surface area contributed by atoms with Gasteiger partial charge in [0.15, 0.2) is 0 Å². The predicted molar refractivity (Wildman–Crippen MR) is 154 cm³/mol. The van der Waals surface area contributed by atoms with Crippen LogP contribution in [-0.2, 0) is 46.4 Å². The zero-order valence-corrected chi connectivity index (χ0v) is 24.6. The second-order valence-corrected chi connectivity index (χ2v) is 10.0. The van der Waals surface area contributed by atoms with Crippen molar-refractivity contribution in [3.63, 3.8) is 0 Å². The largest absolute Gasteiger partial charge is 0.480 e. The van der Waals surface area contributed by atoms with E-state index in [9.17, 15) is 48.9 Å². The van der Waals surface area contributed by atoms with Gasteiger partial charge in [-0.15, -0.1) is 0 Å². The zero-order valence-electron chi connectivity index (χ0n) is 24.6. The van der Waals surface area contributed by atoms with E-state index in [4.69, 9.17) is 11.5 Å². The summed E-state index contributed by atoms with van der Waals surface area (Å²) in [5.74, 6) is -7.49. The highest BCUT2D eigenvalue weighted by Gasteiger charge is 2.32. The number of aromatic amines is 2. The molecule has 2 aromatic heterocycles. The molecule has 46 heavy (non-hydrogen) atoms. The number of carbonyl (C=O) groups excluding carboxylic acids is 6. The number of aliphatic hydroxyl groups is 2. The Morgan fingerprint density at radius 2 is 1.17 bits per heavy atom. The van der Waals surface area contributed by atoms with Crippen LogP contribution >= 0.6 is 0 Å². The molecule has 6 atom stereocenters. The fourth-order valence-electron chi connectivity index (χ4n) is 3.84. The lowest BCUT2D eigenvalue weighted by Gasteiger charge is -2.25. The number of aliphatic carboxylic acids is 1. The van der Waals surface area contributed by atoms with E-state index in [2.05, 4.69) is 46.5 Å². The molecule has 0 saturated carbocycles. The highest BCUT2D eigenvalue weighted by Crippen LogP contribution is 2.02. The molecule has 0 saturated heterocycles. The van der Waals surface area contributed by atoms with Gasteiger partial charge in [0.2, 0.25) is 35.4 Å². The Bertz CT molecular complexity index is 1350. The summed E-state index contributed by atoms with van der Waals surface area (Å²) in [4.78, 5) is 99.7. The number of carboxylic acids is 1. The fraction of sp³-hybridized carbons (Fsp3) is 0.480. The Labute approximate surface area is 260 Å². The van der Waals surface area contributed by atoms with Gasteiger partial charge in [0, 0.05) is 36.6 Å². The van der Waals surface area contributed by atoms with Gasteiger partial charge in [0.25, 0.3) is 0 Å². The summed E-state index contributed by atoms with van der Waals surface area (Å²) in [7, 11) is 0. The summed E-state index contributed by atoms with van der Waals surface area (Å²) >= 11 is 0. The van der Waals surface area contributed by atoms with Gasteiger partial charge < -0.3 is 63.3 Å². The molecule has 14 N–H and O–H groups in total. The molecular weight excluding hydrogens is 614 g/mol. The maximum absolute atomic E-state index is 12.9. The number of nitrogens with two attached hydrogens (primary N) is 2. The third-order valence-corrected chi connectivity index (χ3v) is 6.35. The SMILES string of the molecule is C[C@H](NC(=O)[C@@H](N)Cc1cnc[nH]1)C(=O)N[C@@H](CC(N)=O)C(=O)N[C@@H](CO)C(=O)N[C@@H](CO)C(=O)N[C@@H](Cc1cnc[nH]1)C(=O)O. The van der Waals surface area contributed by atoms with Crippen LogP contribution in [0.25, 0.3) is 0 Å². The third kappa shape index (κ3) is 11.6. The van der Waals surface area contributed by atoms with Gasteiger partial charge in [-0.2, -0.15) is 0 Å². The number of hydrogen-bond donors (Lipinski definition) is 12. The van der Waals surface area contributed by atoms with Gasteiger partial charge in [0.05, 0.1) is 38.3 Å². The molecule has 0 aromatic carbocycles. The van der Waals surface area contributed by atoms with Crippen LogP contribution in [0.15, 0.2) is 25.0 Å². The van der Waals surface area contributed by atoms with Gasteiger partial charge in [-0.05, 0) is 6.92 Å². The quantitative estimate of drug-likeness (QED) is 0.0673. The molecule has 21 heteroatoms. The maximum atomic E-state index is 12.9. The highest BCUT2D eigenvalue weighted by molar-refractivity contribution is 5.97. The van der Waals surface area contributed by atoms with Crippen LogP contribution in [0, 0.1) is 0 Å². The molecule has 0 radical (unpaired) electrons. The first-order valence-electron chi connectivity index (χ1n) is 13.7. The number of nitrogens with zero attached hydrogens (tertiary/aromatic N) is 2. The number of aliphatic hydroxyl groups excluding tert-OH is 2. The normalized spacial score (nSPS) is 14.8. The number of imidazole rings is 2. The summed E-state index contributed by atoms with van der Waals surface area (Å²) in [6.07, 6.45) is 4.65. The van der Waals surface area contributed by atoms with Gasteiger partial charge in [-0.25, -0.2) is 14.8 Å². The van der Waals surface area contributed by atoms with Crippen molar-refractivity contribution in [2.75, 3.05) is 13.2 Å². The van der Waals surface area contributed by atoms with Crippen LogP contribution in [0.4, 0.5) is 0 Å². The van der Waals surface area contributed by atoms with Crippen LogP contribution in [0.2, 0.25) is 0 Å². The van der Waals surface area contributed by atoms with Gasteiger partial charge in [-0.3, -0.25) is 28.8 Å². The molecule has 2 heterocycles. The van der Waals surface area contributed by atoms with Crippen molar-refractivity contribution in [1.82, 2.24) is 46.5 Å². The first-order valence-corrected chi connectivity index (χ1v) is 13.7. The van der Waals surface area contributed by atoms with E-state index >= 15 is 0 Å². The van der Waals surface area contributed by atoms with Gasteiger partial charge in [-0.1, -0.05) is 0 Å². The smallest absolute Gasteiger partial charge is 0.326 e. The standard InChI is InChI=1S/C25H37N11O10/c1-11(32-21(41)14(26)2-12-5-28-9-30-12)20(40)33-15(4-19(27)39)22(42)35-18(8-38)24(44)36-17(7-37)23(43)34-16(25(45)46)3-13-6-29-10-31-13/h5-6,9-11,14-18,37-38H,2-4,7-8,26H2,1H3,(H2,27,39)(H,28,30)(H,29,31)(H,32,41)(H,33,40)(H,34,43)(H,35,42)(H,36,44)(H,45,46)/t11-,14-,15-,16-,17-,18-/m0/s1. The number of rotatable bonds is 19. The van der Waals surface area contributed by atoms with Crippen molar-refractivity contribution in [2.45, 2.75) is 62.4 Å². The average Bonchev–Trinajstić information content (AvgIpc) is 3.71. The Hall–Kier alpha value is -5.41. The van der Waals surface area contributed by atoms with E-state index in [0.717, 1.165) is 0 Å². The predicted octanol–water partition coefficient (Wildman–Crippen LogP) is -6.37. The number of nitrogens with one attached hydrogen (secondary N) is 7.